The fraction of sp³-hybridized carbons (Fsp3) is 0.125. The average molecular weight is 272 g/mol. The summed E-state index contributed by atoms with van der Waals surface area (Å²) < 4.78 is 5.53. The number of nitrogens with zero attached hydrogens (tertiary/aromatic N) is 1. The zero-order valence-electron chi connectivity index (χ0n) is 10.9. The van der Waals surface area contributed by atoms with Gasteiger partial charge in [-0.15, -0.1) is 0 Å². The van der Waals surface area contributed by atoms with E-state index < -0.39 is 0 Å². The Balaban J connectivity index is 2.31. The van der Waals surface area contributed by atoms with E-state index in [1.807, 2.05) is 37.4 Å². The van der Waals surface area contributed by atoms with Gasteiger partial charge in [0, 0.05) is 28.9 Å². The van der Waals surface area contributed by atoms with E-state index in [2.05, 4.69) is 23.1 Å². The molecule has 0 radical (unpaired) electrons. The van der Waals surface area contributed by atoms with Crippen LogP contribution in [0.4, 0.5) is 11.4 Å². The van der Waals surface area contributed by atoms with Crippen molar-refractivity contribution in [3.8, 4) is 0 Å². The molecule has 0 bridgehead atoms. The second-order valence-corrected chi connectivity index (χ2v) is 4.93. The molecule has 2 aromatic rings. The van der Waals surface area contributed by atoms with Gasteiger partial charge in [0.2, 0.25) is 0 Å². The second-order valence-electron chi connectivity index (χ2n) is 4.49. The molecule has 0 aliphatic carbocycles. The van der Waals surface area contributed by atoms with Crippen molar-refractivity contribution in [3.63, 3.8) is 0 Å². The van der Waals surface area contributed by atoms with Crippen molar-refractivity contribution in [1.82, 2.24) is 0 Å². The molecule has 1 aliphatic heterocycles. The number of hydrogen-bond donors (Lipinski definition) is 0. The number of methoxy groups -OCH3 is 1. The van der Waals surface area contributed by atoms with Gasteiger partial charge in [-0.05, 0) is 30.3 Å². The zero-order valence-corrected chi connectivity index (χ0v) is 11.6. The summed E-state index contributed by atoms with van der Waals surface area (Å²) in [5, 5.41) is 0.723. The van der Waals surface area contributed by atoms with Crippen molar-refractivity contribution in [1.29, 1.82) is 0 Å². The molecule has 0 saturated heterocycles. The molecule has 3 heteroatoms. The summed E-state index contributed by atoms with van der Waals surface area (Å²) in [6.45, 7) is 0. The lowest BCUT2D eigenvalue weighted by Gasteiger charge is -2.22. The molecule has 0 amide bonds. The lowest BCUT2D eigenvalue weighted by molar-refractivity contribution is 0.373. The van der Waals surface area contributed by atoms with Crippen LogP contribution in [0.15, 0.2) is 42.5 Å². The largest absolute Gasteiger partial charge is 0.496 e. The second kappa shape index (κ2) is 4.63. The lowest BCUT2D eigenvalue weighted by atomic mass is 10.1. The highest BCUT2D eigenvalue weighted by atomic mass is 35.5. The molecule has 0 fully saturated rings. The normalized spacial score (nSPS) is 13.2. The maximum absolute atomic E-state index is 6.13. The van der Waals surface area contributed by atoms with E-state index in [1.165, 1.54) is 0 Å². The van der Waals surface area contributed by atoms with Crippen molar-refractivity contribution in [2.75, 3.05) is 19.1 Å². The number of fused-ring (bicyclic) bond motifs is 2. The molecular formula is C16H14ClNO. The van der Waals surface area contributed by atoms with Gasteiger partial charge >= 0.3 is 0 Å². The number of para-hydroxylation sites is 1. The van der Waals surface area contributed by atoms with Crippen LogP contribution in [0.3, 0.4) is 0 Å². The minimum Gasteiger partial charge on any atom is -0.496 e. The molecule has 0 atom stereocenters. The van der Waals surface area contributed by atoms with Crippen LogP contribution in [0.1, 0.15) is 11.1 Å². The minimum absolute atomic E-state index is 0.723. The number of ether oxygens (including phenoxy) is 1. The Bertz CT molecular complexity index is 664. The van der Waals surface area contributed by atoms with Gasteiger partial charge in [-0.1, -0.05) is 29.8 Å². The molecule has 0 unspecified atom stereocenters. The summed E-state index contributed by atoms with van der Waals surface area (Å²) in [7, 11) is 3.73. The lowest BCUT2D eigenvalue weighted by Crippen LogP contribution is -2.11. The molecule has 0 aromatic heterocycles. The monoisotopic (exact) mass is 271 g/mol. The maximum Gasteiger partial charge on any atom is 0.128 e. The average Bonchev–Trinajstić information content (AvgIpc) is 2.55. The molecule has 1 heterocycles. The summed E-state index contributed by atoms with van der Waals surface area (Å²) in [5.74, 6) is 0.850. The van der Waals surface area contributed by atoms with Crippen LogP contribution >= 0.6 is 11.6 Å². The zero-order chi connectivity index (χ0) is 13.4. The summed E-state index contributed by atoms with van der Waals surface area (Å²) in [4.78, 5) is 2.14. The standard InChI is InChI=1S/C16H14ClNO/c1-18-14-6-4-3-5-11(14)9-16(19-2)13-8-7-12(17)10-15(13)18/h3-10H,1-2H3. The number of hydrogen-bond acceptors (Lipinski definition) is 2. The molecular weight excluding hydrogens is 258 g/mol. The van der Waals surface area contributed by atoms with Crippen LogP contribution in [0, 0.1) is 0 Å². The number of anilines is 2. The fourth-order valence-electron chi connectivity index (χ4n) is 2.42. The van der Waals surface area contributed by atoms with Crippen LogP contribution in [-0.4, -0.2) is 14.2 Å². The quantitative estimate of drug-likeness (QED) is 0.753. The van der Waals surface area contributed by atoms with E-state index in [0.717, 1.165) is 33.3 Å². The first-order valence-electron chi connectivity index (χ1n) is 6.09. The first kappa shape index (κ1) is 12.1. The molecule has 3 rings (SSSR count). The smallest absolute Gasteiger partial charge is 0.128 e. The summed E-state index contributed by atoms with van der Waals surface area (Å²) >= 11 is 6.13. The van der Waals surface area contributed by atoms with Crippen LogP contribution in [0.5, 0.6) is 0 Å². The summed E-state index contributed by atoms with van der Waals surface area (Å²) in [5.41, 5.74) is 4.36. The highest BCUT2D eigenvalue weighted by molar-refractivity contribution is 6.31. The summed E-state index contributed by atoms with van der Waals surface area (Å²) in [6.07, 6.45) is 2.06. The Morgan fingerprint density at radius 1 is 1.05 bits per heavy atom. The molecule has 0 saturated carbocycles. The fourth-order valence-corrected chi connectivity index (χ4v) is 2.59. The molecule has 2 nitrogen and oxygen atoms in total. The van der Waals surface area contributed by atoms with Gasteiger partial charge in [0.1, 0.15) is 5.76 Å². The van der Waals surface area contributed by atoms with Crippen molar-refractivity contribution in [2.45, 2.75) is 0 Å². The van der Waals surface area contributed by atoms with E-state index in [-0.39, 0.29) is 0 Å². The highest BCUT2D eigenvalue weighted by Gasteiger charge is 2.19. The Kier molecular flexibility index (Phi) is 2.96. The first-order valence-corrected chi connectivity index (χ1v) is 6.47. The van der Waals surface area contributed by atoms with E-state index in [0.29, 0.717) is 0 Å². The van der Waals surface area contributed by atoms with Crippen molar-refractivity contribution in [3.05, 3.63) is 58.6 Å². The minimum atomic E-state index is 0.723. The highest BCUT2D eigenvalue weighted by Crippen LogP contribution is 2.39. The van der Waals surface area contributed by atoms with Gasteiger partial charge in [0.25, 0.3) is 0 Å². The Labute approximate surface area is 117 Å². The number of halogens is 1. The van der Waals surface area contributed by atoms with Crippen LogP contribution < -0.4 is 4.90 Å². The molecule has 19 heavy (non-hydrogen) atoms. The number of benzene rings is 2. The third-order valence-corrected chi connectivity index (χ3v) is 3.63. The van der Waals surface area contributed by atoms with E-state index in [4.69, 9.17) is 16.3 Å². The predicted molar refractivity (Wildman–Crippen MR) is 80.8 cm³/mol. The SMILES string of the molecule is COC1=Cc2ccccc2N(C)c2cc(Cl)ccc21. The van der Waals surface area contributed by atoms with Gasteiger partial charge in [0.05, 0.1) is 12.8 Å². The van der Waals surface area contributed by atoms with Crippen molar-refractivity contribution in [2.24, 2.45) is 0 Å². The maximum atomic E-state index is 6.13. The number of rotatable bonds is 1. The van der Waals surface area contributed by atoms with E-state index >= 15 is 0 Å². The first-order chi connectivity index (χ1) is 9.20. The molecule has 0 N–H and O–H groups in total. The summed E-state index contributed by atoms with van der Waals surface area (Å²) in [6, 6.07) is 14.1. The topological polar surface area (TPSA) is 12.5 Å². The van der Waals surface area contributed by atoms with Gasteiger partial charge in [0.15, 0.2) is 0 Å². The molecule has 96 valence electrons. The van der Waals surface area contributed by atoms with Gasteiger partial charge in [-0.3, -0.25) is 0 Å². The van der Waals surface area contributed by atoms with E-state index in [1.54, 1.807) is 7.11 Å². The van der Waals surface area contributed by atoms with Crippen LogP contribution in [-0.2, 0) is 4.74 Å². The van der Waals surface area contributed by atoms with Gasteiger partial charge < -0.3 is 9.64 Å². The molecule has 0 spiro atoms. The van der Waals surface area contributed by atoms with Gasteiger partial charge in [-0.2, -0.15) is 0 Å². The Hall–Kier alpha value is -1.93. The molecule has 1 aliphatic rings. The van der Waals surface area contributed by atoms with Crippen LogP contribution in [0.25, 0.3) is 11.8 Å². The third-order valence-electron chi connectivity index (χ3n) is 3.39. The van der Waals surface area contributed by atoms with Crippen molar-refractivity contribution < 1.29 is 4.74 Å². The molecule has 2 aromatic carbocycles. The predicted octanol–water partition coefficient (Wildman–Crippen LogP) is 4.57. The van der Waals surface area contributed by atoms with Crippen LogP contribution in [0.2, 0.25) is 5.02 Å². The van der Waals surface area contributed by atoms with Gasteiger partial charge in [-0.25, -0.2) is 0 Å². The van der Waals surface area contributed by atoms with Crippen molar-refractivity contribution >= 4 is 34.8 Å². The third kappa shape index (κ3) is 1.98. The van der Waals surface area contributed by atoms with E-state index in [9.17, 15) is 0 Å². The Morgan fingerprint density at radius 3 is 2.63 bits per heavy atom. The Morgan fingerprint density at radius 2 is 1.84 bits per heavy atom.